The molecule has 5 heteroatoms. The molecule has 0 saturated carbocycles. The number of nitrogens with zero attached hydrogens (tertiary/aromatic N) is 1. The quantitative estimate of drug-likeness (QED) is 0.489. The topological polar surface area (TPSA) is 59.6 Å². The van der Waals surface area contributed by atoms with Crippen LogP contribution in [0.5, 0.6) is 0 Å². The van der Waals surface area contributed by atoms with Crippen molar-refractivity contribution in [3.63, 3.8) is 0 Å². The van der Waals surface area contributed by atoms with Crippen molar-refractivity contribution < 1.29 is 12.8 Å². The van der Waals surface area contributed by atoms with Crippen molar-refractivity contribution in [1.29, 1.82) is 0 Å². The molecule has 0 N–H and O–H groups in total. The van der Waals surface area contributed by atoms with Crippen LogP contribution in [0.1, 0.15) is 11.1 Å². The average molecular weight is 389 g/mol. The van der Waals surface area contributed by atoms with Crippen LogP contribution in [0.3, 0.4) is 0 Å². The number of rotatable bonds is 3. The van der Waals surface area contributed by atoms with Crippen LogP contribution >= 0.6 is 0 Å². The fourth-order valence-electron chi connectivity index (χ4n) is 3.01. The zero-order chi connectivity index (χ0) is 19.7. The van der Waals surface area contributed by atoms with E-state index in [2.05, 4.69) is 4.99 Å². The van der Waals surface area contributed by atoms with E-state index >= 15 is 0 Å². The first kappa shape index (κ1) is 18.2. The lowest BCUT2D eigenvalue weighted by Crippen LogP contribution is -2.15. The smallest absolute Gasteiger partial charge is 0.239 e. The Morgan fingerprint density at radius 2 is 1.54 bits per heavy atom. The highest BCUT2D eigenvalue weighted by Gasteiger charge is 2.22. The Morgan fingerprint density at radius 3 is 2.32 bits per heavy atom. The fraction of sp³-hybridized carbons (Fsp3) is 0.0870. The first-order chi connectivity index (χ1) is 13.5. The Balaban J connectivity index is 2.07. The molecule has 0 bridgehead atoms. The van der Waals surface area contributed by atoms with Gasteiger partial charge in [-0.1, -0.05) is 48.5 Å². The molecule has 0 amide bonds. The Kier molecular flexibility index (Phi) is 4.61. The summed E-state index contributed by atoms with van der Waals surface area (Å²) in [4.78, 5) is 4.86. The molecule has 0 radical (unpaired) electrons. The standard InChI is InChI=1S/C23H19NO3S/c1-16-9-8-13-20(17(16)2)24-23-22(15-18-10-6-7-14-21(18)27-23)28(25,26)19-11-4-3-5-12-19/h3-15H,1-2H3. The summed E-state index contributed by atoms with van der Waals surface area (Å²) in [6.45, 7) is 3.95. The maximum absolute atomic E-state index is 13.3. The Labute approximate surface area is 163 Å². The predicted octanol–water partition coefficient (Wildman–Crippen LogP) is 5.11. The van der Waals surface area contributed by atoms with E-state index in [-0.39, 0.29) is 15.3 Å². The lowest BCUT2D eigenvalue weighted by atomic mass is 10.1. The molecule has 0 fully saturated rings. The highest BCUT2D eigenvalue weighted by Crippen LogP contribution is 2.24. The second-order valence-electron chi connectivity index (χ2n) is 6.60. The molecular weight excluding hydrogens is 370 g/mol. The van der Waals surface area contributed by atoms with Crippen LogP contribution < -0.4 is 5.55 Å². The van der Waals surface area contributed by atoms with Crippen LogP contribution in [-0.2, 0) is 9.84 Å². The molecule has 4 rings (SSSR count). The van der Waals surface area contributed by atoms with Crippen molar-refractivity contribution in [1.82, 2.24) is 0 Å². The highest BCUT2D eigenvalue weighted by molar-refractivity contribution is 7.91. The maximum Gasteiger partial charge on any atom is 0.239 e. The van der Waals surface area contributed by atoms with Crippen LogP contribution in [0.15, 0.2) is 98.1 Å². The van der Waals surface area contributed by atoms with Gasteiger partial charge in [0.15, 0.2) is 0 Å². The minimum atomic E-state index is -3.79. The minimum absolute atomic E-state index is 0.0540. The number of fused-ring (bicyclic) bond motifs is 1. The van der Waals surface area contributed by atoms with Gasteiger partial charge in [0.2, 0.25) is 15.4 Å². The Morgan fingerprint density at radius 1 is 0.821 bits per heavy atom. The van der Waals surface area contributed by atoms with Gasteiger partial charge in [0, 0.05) is 5.39 Å². The summed E-state index contributed by atoms with van der Waals surface area (Å²) in [5.74, 6) is 0. The molecule has 0 aliphatic carbocycles. The summed E-state index contributed by atoms with van der Waals surface area (Å²) in [7, 11) is -3.79. The van der Waals surface area contributed by atoms with Crippen molar-refractivity contribution in [3.05, 3.63) is 95.5 Å². The number of hydrogen-bond acceptors (Lipinski definition) is 4. The molecule has 0 unspecified atom stereocenters. The van der Waals surface area contributed by atoms with Crippen molar-refractivity contribution in [2.24, 2.45) is 4.99 Å². The summed E-state index contributed by atoms with van der Waals surface area (Å²) in [5.41, 5.74) is 3.40. The molecule has 140 valence electrons. The number of aryl methyl sites for hydroxylation is 1. The van der Waals surface area contributed by atoms with Gasteiger partial charge in [-0.15, -0.1) is 0 Å². The summed E-state index contributed by atoms with van der Waals surface area (Å²) in [6.07, 6.45) is 0. The third-order valence-electron chi connectivity index (χ3n) is 4.76. The molecule has 0 atom stereocenters. The molecule has 4 nitrogen and oxygen atoms in total. The fourth-order valence-corrected chi connectivity index (χ4v) is 4.38. The molecular formula is C23H19NO3S. The van der Waals surface area contributed by atoms with E-state index < -0.39 is 9.84 Å². The van der Waals surface area contributed by atoms with Crippen LogP contribution in [0, 0.1) is 13.8 Å². The van der Waals surface area contributed by atoms with E-state index in [0.717, 1.165) is 11.1 Å². The van der Waals surface area contributed by atoms with Crippen LogP contribution in [-0.4, -0.2) is 8.42 Å². The molecule has 0 aliphatic heterocycles. The third kappa shape index (κ3) is 3.25. The van der Waals surface area contributed by atoms with Crippen LogP contribution in [0.25, 0.3) is 11.0 Å². The maximum atomic E-state index is 13.3. The van der Waals surface area contributed by atoms with Gasteiger partial charge in [-0.3, -0.25) is 0 Å². The molecule has 1 heterocycles. The molecule has 3 aromatic carbocycles. The summed E-state index contributed by atoms with van der Waals surface area (Å²) < 4.78 is 32.6. The third-order valence-corrected chi connectivity index (χ3v) is 6.53. The lowest BCUT2D eigenvalue weighted by molar-refractivity contribution is 0.517. The van der Waals surface area contributed by atoms with E-state index in [1.807, 2.05) is 50.2 Å². The molecule has 0 aliphatic rings. The summed E-state index contributed by atoms with van der Waals surface area (Å²) in [6, 6.07) is 23.0. The van der Waals surface area contributed by atoms with Crippen molar-refractivity contribution in [3.8, 4) is 0 Å². The SMILES string of the molecule is Cc1cccc(N=c2oc3ccccc3cc2S(=O)(=O)c2ccccc2)c1C. The predicted molar refractivity (Wildman–Crippen MR) is 109 cm³/mol. The molecule has 0 spiro atoms. The van der Waals surface area contributed by atoms with Crippen LogP contribution in [0.4, 0.5) is 5.69 Å². The van der Waals surface area contributed by atoms with Crippen molar-refractivity contribution >= 4 is 26.5 Å². The monoisotopic (exact) mass is 389 g/mol. The van der Waals surface area contributed by atoms with Gasteiger partial charge in [-0.2, -0.15) is 0 Å². The lowest BCUT2D eigenvalue weighted by Gasteiger charge is -2.08. The summed E-state index contributed by atoms with van der Waals surface area (Å²) >= 11 is 0. The average Bonchev–Trinajstić information content (AvgIpc) is 2.71. The van der Waals surface area contributed by atoms with Crippen LogP contribution in [0.2, 0.25) is 0 Å². The zero-order valence-corrected chi connectivity index (χ0v) is 16.4. The van der Waals surface area contributed by atoms with Crippen molar-refractivity contribution in [2.45, 2.75) is 23.6 Å². The van der Waals surface area contributed by atoms with Gasteiger partial charge in [-0.25, -0.2) is 13.4 Å². The second kappa shape index (κ2) is 7.09. The number of hydrogen-bond donors (Lipinski definition) is 0. The number of para-hydroxylation sites is 1. The molecule has 28 heavy (non-hydrogen) atoms. The minimum Gasteiger partial charge on any atom is -0.437 e. The van der Waals surface area contributed by atoms with Gasteiger partial charge in [0.05, 0.1) is 10.6 Å². The first-order valence-corrected chi connectivity index (χ1v) is 10.4. The second-order valence-corrected chi connectivity index (χ2v) is 8.52. The van der Waals surface area contributed by atoms with E-state index in [1.54, 1.807) is 42.5 Å². The molecule has 4 aromatic rings. The van der Waals surface area contributed by atoms with E-state index in [1.165, 1.54) is 0 Å². The van der Waals surface area contributed by atoms with Crippen molar-refractivity contribution in [2.75, 3.05) is 0 Å². The number of sulfone groups is 1. The van der Waals surface area contributed by atoms with Gasteiger partial charge < -0.3 is 4.42 Å². The van der Waals surface area contributed by atoms with Gasteiger partial charge >= 0.3 is 0 Å². The molecule has 0 saturated heterocycles. The van der Waals surface area contributed by atoms with E-state index in [0.29, 0.717) is 16.7 Å². The number of benzene rings is 3. The Bertz CT molecular complexity index is 1340. The summed E-state index contributed by atoms with van der Waals surface area (Å²) in [5, 5.41) is 0.705. The van der Waals surface area contributed by atoms with E-state index in [4.69, 9.17) is 4.42 Å². The van der Waals surface area contributed by atoms with Gasteiger partial charge in [0.1, 0.15) is 10.5 Å². The van der Waals surface area contributed by atoms with Gasteiger partial charge in [0.25, 0.3) is 0 Å². The zero-order valence-electron chi connectivity index (χ0n) is 15.6. The first-order valence-electron chi connectivity index (χ1n) is 8.91. The molecule has 1 aromatic heterocycles. The van der Waals surface area contributed by atoms with Gasteiger partial charge in [-0.05, 0) is 55.3 Å². The largest absolute Gasteiger partial charge is 0.437 e. The normalized spacial score (nSPS) is 12.4. The van der Waals surface area contributed by atoms with E-state index in [9.17, 15) is 8.42 Å². The Hall–Kier alpha value is -3.18. The highest BCUT2D eigenvalue weighted by atomic mass is 32.2.